The van der Waals surface area contributed by atoms with Crippen LogP contribution in [0, 0.1) is 3.57 Å². The summed E-state index contributed by atoms with van der Waals surface area (Å²) in [6.07, 6.45) is 0. The summed E-state index contributed by atoms with van der Waals surface area (Å²) in [6, 6.07) is 6.74. The van der Waals surface area contributed by atoms with Crippen LogP contribution >= 0.6 is 22.6 Å². The normalized spacial score (nSPS) is 10.9. The van der Waals surface area contributed by atoms with E-state index in [1.165, 1.54) is 0 Å². The lowest BCUT2D eigenvalue weighted by atomic mass is 10.2. The summed E-state index contributed by atoms with van der Waals surface area (Å²) in [4.78, 5) is 22.4. The maximum absolute atomic E-state index is 11.6. The highest BCUT2D eigenvalue weighted by atomic mass is 125. The van der Waals surface area contributed by atoms with Crippen LogP contribution in [0.4, 0.5) is 0 Å². The lowest BCUT2D eigenvalue weighted by Gasteiger charge is -2.21. The van der Waals surface area contributed by atoms with Crippen molar-refractivity contribution in [2.45, 2.75) is 5.79 Å². The van der Waals surface area contributed by atoms with Crippen LogP contribution in [0.3, 0.4) is 0 Å². The van der Waals surface area contributed by atoms with Crippen LogP contribution in [0.15, 0.2) is 24.3 Å². The Morgan fingerprint density at radius 2 is 1.94 bits per heavy atom. The van der Waals surface area contributed by atoms with Gasteiger partial charge < -0.3 is 11.1 Å². The van der Waals surface area contributed by atoms with Crippen LogP contribution < -0.4 is 22.5 Å². The van der Waals surface area contributed by atoms with Gasteiger partial charge in [0.05, 0.1) is 0 Å². The average molecular weight is 332 g/mol. The number of benzene rings is 1. The minimum atomic E-state index is -2.04. The van der Waals surface area contributed by atoms with Crippen molar-refractivity contribution >= 4 is 34.4 Å². The Kier molecular flexibility index (Phi) is 3.83. The first-order chi connectivity index (χ1) is 7.33. The molecule has 0 aromatic heterocycles. The van der Waals surface area contributed by atoms with E-state index in [0.717, 1.165) is 3.57 Å². The largest absolute Gasteiger partial charge is 0.365 e. The number of rotatable bonds is 3. The van der Waals surface area contributed by atoms with Gasteiger partial charge in [-0.3, -0.25) is 21.1 Å². The standard InChI is InChI=1S/C9H11IN4O2/c10-6-3-1-2-5(4-6)7(15)14-9(12,13)8(11)16/h1-4H,12-13H2,(H2,11,16)(H,14,15)/i10-2. The maximum Gasteiger partial charge on any atom is 0.273 e. The zero-order valence-corrected chi connectivity index (χ0v) is 10.4. The van der Waals surface area contributed by atoms with Crippen LogP contribution in [0.1, 0.15) is 10.4 Å². The number of halogens is 1. The van der Waals surface area contributed by atoms with E-state index in [9.17, 15) is 9.59 Å². The zero-order chi connectivity index (χ0) is 12.3. The topological polar surface area (TPSA) is 124 Å². The molecule has 0 aliphatic carbocycles. The molecular weight excluding hydrogens is 321 g/mol. The summed E-state index contributed by atoms with van der Waals surface area (Å²) >= 11 is 2.06. The predicted molar refractivity (Wildman–Crippen MR) is 66.9 cm³/mol. The van der Waals surface area contributed by atoms with Gasteiger partial charge in [0.25, 0.3) is 11.8 Å². The molecule has 16 heavy (non-hydrogen) atoms. The molecule has 1 aromatic carbocycles. The van der Waals surface area contributed by atoms with E-state index >= 15 is 0 Å². The fraction of sp³-hybridized carbons (Fsp3) is 0.111. The first-order valence-electron chi connectivity index (χ1n) is 4.28. The van der Waals surface area contributed by atoms with E-state index in [-0.39, 0.29) is 0 Å². The molecule has 0 saturated carbocycles. The third-order valence-corrected chi connectivity index (χ3v) is 2.49. The van der Waals surface area contributed by atoms with Gasteiger partial charge in [-0.25, -0.2) is 0 Å². The Hall–Kier alpha value is -1.19. The Labute approximate surface area is 106 Å². The van der Waals surface area contributed by atoms with Gasteiger partial charge in [0.2, 0.25) is 5.79 Å². The van der Waals surface area contributed by atoms with Crippen molar-refractivity contribution in [3.8, 4) is 0 Å². The molecule has 0 radical (unpaired) electrons. The molecule has 86 valence electrons. The molecule has 0 aliphatic rings. The minimum absolute atomic E-state index is 0.355. The second-order valence-electron chi connectivity index (χ2n) is 3.20. The highest BCUT2D eigenvalue weighted by Gasteiger charge is 2.28. The van der Waals surface area contributed by atoms with E-state index in [0.29, 0.717) is 5.56 Å². The molecule has 0 bridgehead atoms. The highest BCUT2D eigenvalue weighted by molar-refractivity contribution is 14.1. The van der Waals surface area contributed by atoms with Gasteiger partial charge in [-0.2, -0.15) is 0 Å². The van der Waals surface area contributed by atoms with Crippen molar-refractivity contribution in [3.05, 3.63) is 33.4 Å². The lowest BCUT2D eigenvalue weighted by Crippen LogP contribution is -2.70. The molecule has 1 aromatic rings. The van der Waals surface area contributed by atoms with Gasteiger partial charge in [0, 0.05) is 9.13 Å². The first-order valence-corrected chi connectivity index (χ1v) is 5.36. The Balaban J connectivity index is 2.85. The number of hydrogen-bond acceptors (Lipinski definition) is 4. The molecule has 6 nitrogen and oxygen atoms in total. The molecule has 1 rings (SSSR count). The quantitative estimate of drug-likeness (QED) is 0.422. The van der Waals surface area contributed by atoms with E-state index in [4.69, 9.17) is 17.2 Å². The molecular formula is C9H11IN4O2. The van der Waals surface area contributed by atoms with Gasteiger partial charge >= 0.3 is 0 Å². The molecule has 7 heteroatoms. The third-order valence-electron chi connectivity index (χ3n) is 1.81. The van der Waals surface area contributed by atoms with Crippen molar-refractivity contribution in [3.63, 3.8) is 0 Å². The van der Waals surface area contributed by atoms with Gasteiger partial charge in [0.15, 0.2) is 0 Å². The summed E-state index contributed by atoms with van der Waals surface area (Å²) in [6.45, 7) is 0. The predicted octanol–water partition coefficient (Wildman–Crippen LogP) is -0.922. The molecule has 0 unspecified atom stereocenters. The van der Waals surface area contributed by atoms with Crippen molar-refractivity contribution in [1.29, 1.82) is 0 Å². The van der Waals surface area contributed by atoms with Gasteiger partial charge in [-0.15, -0.1) is 0 Å². The number of carbonyl (C=O) groups excluding carboxylic acids is 2. The maximum atomic E-state index is 11.6. The highest BCUT2D eigenvalue weighted by Crippen LogP contribution is 2.07. The zero-order valence-electron chi connectivity index (χ0n) is 8.24. The summed E-state index contributed by atoms with van der Waals surface area (Å²) in [5, 5.41) is 2.14. The molecule has 0 heterocycles. The summed E-state index contributed by atoms with van der Waals surface area (Å²) in [5.41, 5.74) is 15.9. The summed E-state index contributed by atoms with van der Waals surface area (Å²) < 4.78 is 0.879. The minimum Gasteiger partial charge on any atom is -0.365 e. The molecule has 0 aliphatic heterocycles. The van der Waals surface area contributed by atoms with Gasteiger partial charge in [0.1, 0.15) is 0 Å². The van der Waals surface area contributed by atoms with E-state index in [1.54, 1.807) is 18.2 Å². The van der Waals surface area contributed by atoms with Crippen molar-refractivity contribution in [1.82, 2.24) is 5.32 Å². The molecule has 7 N–H and O–H groups in total. The number of nitrogens with one attached hydrogen (secondary N) is 1. The van der Waals surface area contributed by atoms with Crippen molar-refractivity contribution in [2.24, 2.45) is 17.2 Å². The fourth-order valence-electron chi connectivity index (χ4n) is 0.951. The SMILES string of the molecule is NC(=O)C(N)(N)NC(=O)c1cccc([125I])c1. The van der Waals surface area contributed by atoms with Crippen LogP contribution in [0.5, 0.6) is 0 Å². The number of nitrogens with two attached hydrogens (primary N) is 3. The Morgan fingerprint density at radius 1 is 1.31 bits per heavy atom. The van der Waals surface area contributed by atoms with Crippen LogP contribution in [0.2, 0.25) is 0 Å². The van der Waals surface area contributed by atoms with Crippen LogP contribution in [-0.2, 0) is 4.79 Å². The van der Waals surface area contributed by atoms with E-state index in [1.807, 2.05) is 6.07 Å². The smallest absolute Gasteiger partial charge is 0.273 e. The monoisotopic (exact) mass is 332 g/mol. The van der Waals surface area contributed by atoms with Gasteiger partial charge in [-0.1, -0.05) is 6.07 Å². The Morgan fingerprint density at radius 3 is 2.44 bits per heavy atom. The first kappa shape index (κ1) is 12.9. The fourth-order valence-corrected chi connectivity index (χ4v) is 1.49. The van der Waals surface area contributed by atoms with Crippen molar-refractivity contribution in [2.75, 3.05) is 0 Å². The molecule has 0 atom stereocenters. The average Bonchev–Trinajstić information content (AvgIpc) is 2.16. The second kappa shape index (κ2) is 4.76. The lowest BCUT2D eigenvalue weighted by molar-refractivity contribution is -0.123. The number of carbonyl (C=O) groups is 2. The van der Waals surface area contributed by atoms with Crippen LogP contribution in [-0.4, -0.2) is 17.6 Å². The molecule has 0 fully saturated rings. The number of amides is 2. The van der Waals surface area contributed by atoms with Crippen LogP contribution in [0.25, 0.3) is 0 Å². The third kappa shape index (κ3) is 3.15. The Bertz CT molecular complexity index is 433. The molecule has 0 saturated heterocycles. The van der Waals surface area contributed by atoms with E-state index in [2.05, 4.69) is 27.9 Å². The summed E-state index contributed by atoms with van der Waals surface area (Å²) in [5.74, 6) is -3.60. The molecule has 2 amide bonds. The molecule has 0 spiro atoms. The number of primary amides is 1. The van der Waals surface area contributed by atoms with E-state index < -0.39 is 17.6 Å². The number of hydrogen-bond donors (Lipinski definition) is 4. The summed E-state index contributed by atoms with van der Waals surface area (Å²) in [7, 11) is 0. The second-order valence-corrected chi connectivity index (χ2v) is 4.44. The van der Waals surface area contributed by atoms with Crippen molar-refractivity contribution < 1.29 is 9.59 Å². The van der Waals surface area contributed by atoms with Gasteiger partial charge in [-0.05, 0) is 40.8 Å².